The SMILES string of the molecule is N#Cc1c(-c2ccccc2)cc(-c2ccc(Br)cc2)nc1[S@](=O)Cc1ccccc1. The van der Waals surface area contributed by atoms with Gasteiger partial charge in [-0.05, 0) is 29.3 Å². The molecule has 3 nitrogen and oxygen atoms in total. The molecule has 3 aromatic carbocycles. The second-order valence-corrected chi connectivity index (χ2v) is 8.98. The highest BCUT2D eigenvalue weighted by molar-refractivity contribution is 9.10. The van der Waals surface area contributed by atoms with E-state index in [9.17, 15) is 9.47 Å². The van der Waals surface area contributed by atoms with Gasteiger partial charge in [0.2, 0.25) is 0 Å². The normalized spacial score (nSPS) is 11.6. The summed E-state index contributed by atoms with van der Waals surface area (Å²) in [6.45, 7) is 0. The molecule has 0 spiro atoms. The molecule has 30 heavy (non-hydrogen) atoms. The molecular formula is C25H17BrN2OS. The molecule has 5 heteroatoms. The Morgan fingerprint density at radius 3 is 2.13 bits per heavy atom. The van der Waals surface area contributed by atoms with Crippen LogP contribution in [-0.4, -0.2) is 9.19 Å². The second kappa shape index (κ2) is 9.17. The van der Waals surface area contributed by atoms with Crippen LogP contribution in [0.5, 0.6) is 0 Å². The van der Waals surface area contributed by atoms with Gasteiger partial charge in [0.25, 0.3) is 0 Å². The van der Waals surface area contributed by atoms with Crippen molar-refractivity contribution in [2.75, 3.05) is 0 Å². The van der Waals surface area contributed by atoms with E-state index in [0.29, 0.717) is 22.0 Å². The Labute approximate surface area is 186 Å². The predicted molar refractivity (Wildman–Crippen MR) is 124 cm³/mol. The van der Waals surface area contributed by atoms with Crippen molar-refractivity contribution < 1.29 is 4.21 Å². The van der Waals surface area contributed by atoms with Crippen molar-refractivity contribution >= 4 is 26.7 Å². The van der Waals surface area contributed by atoms with Crippen molar-refractivity contribution in [1.29, 1.82) is 5.26 Å². The van der Waals surface area contributed by atoms with E-state index >= 15 is 0 Å². The quantitative estimate of drug-likeness (QED) is 0.339. The summed E-state index contributed by atoms with van der Waals surface area (Å²) in [6.07, 6.45) is 0. The molecule has 0 fully saturated rings. The Kier molecular flexibility index (Phi) is 6.18. The van der Waals surface area contributed by atoms with Gasteiger partial charge in [0.05, 0.1) is 27.8 Å². The van der Waals surface area contributed by atoms with Crippen LogP contribution in [0.3, 0.4) is 0 Å². The molecule has 4 aromatic rings. The molecule has 4 rings (SSSR count). The largest absolute Gasteiger partial charge is 0.252 e. The van der Waals surface area contributed by atoms with E-state index in [1.165, 1.54) is 0 Å². The fourth-order valence-electron chi connectivity index (χ4n) is 3.20. The average Bonchev–Trinajstić information content (AvgIpc) is 2.80. The lowest BCUT2D eigenvalue weighted by molar-refractivity contribution is 0.679. The van der Waals surface area contributed by atoms with Crippen molar-refractivity contribution in [3.05, 3.63) is 107 Å². The maximum absolute atomic E-state index is 13.3. The lowest BCUT2D eigenvalue weighted by atomic mass is 9.99. The van der Waals surface area contributed by atoms with Crippen LogP contribution in [0.25, 0.3) is 22.4 Å². The molecule has 1 aromatic heterocycles. The Hall–Kier alpha value is -3.07. The van der Waals surface area contributed by atoms with Gasteiger partial charge in [-0.15, -0.1) is 0 Å². The maximum Gasteiger partial charge on any atom is 0.146 e. The highest BCUT2D eigenvalue weighted by Gasteiger charge is 2.20. The summed E-state index contributed by atoms with van der Waals surface area (Å²) in [5.41, 5.74) is 4.53. The minimum atomic E-state index is -1.46. The molecule has 0 radical (unpaired) electrons. The number of pyridine rings is 1. The summed E-state index contributed by atoms with van der Waals surface area (Å²) in [7, 11) is -1.46. The summed E-state index contributed by atoms with van der Waals surface area (Å²) in [6, 6.07) is 31.3. The van der Waals surface area contributed by atoms with E-state index < -0.39 is 10.8 Å². The van der Waals surface area contributed by atoms with E-state index in [2.05, 4.69) is 27.0 Å². The van der Waals surface area contributed by atoms with Gasteiger partial charge in [-0.3, -0.25) is 4.21 Å². The highest BCUT2D eigenvalue weighted by Crippen LogP contribution is 2.32. The number of benzene rings is 3. The van der Waals surface area contributed by atoms with E-state index in [1.807, 2.05) is 91.0 Å². The maximum atomic E-state index is 13.3. The van der Waals surface area contributed by atoms with Gasteiger partial charge in [0.1, 0.15) is 11.1 Å². The van der Waals surface area contributed by atoms with Crippen LogP contribution in [-0.2, 0) is 16.6 Å². The third-order valence-electron chi connectivity index (χ3n) is 4.68. The van der Waals surface area contributed by atoms with E-state index in [-0.39, 0.29) is 0 Å². The molecular weight excluding hydrogens is 456 g/mol. The minimum absolute atomic E-state index is 0.306. The number of aromatic nitrogens is 1. The van der Waals surface area contributed by atoms with Gasteiger partial charge < -0.3 is 0 Å². The standard InChI is InChI=1S/C25H17BrN2OS/c26-21-13-11-20(12-14-21)24-15-22(19-9-5-2-6-10-19)23(16-27)25(28-24)30(29)17-18-7-3-1-4-8-18/h1-15H,17H2/t30-/m1/s1. The fourth-order valence-corrected chi connectivity index (χ4v) is 4.68. The molecule has 1 atom stereocenters. The third-order valence-corrected chi connectivity index (χ3v) is 6.53. The summed E-state index contributed by atoms with van der Waals surface area (Å²) in [5.74, 6) is 0.306. The first kappa shape index (κ1) is 20.2. The molecule has 0 bridgehead atoms. The predicted octanol–water partition coefficient (Wildman–Crippen LogP) is 6.36. The van der Waals surface area contributed by atoms with Crippen molar-refractivity contribution in [3.63, 3.8) is 0 Å². The number of halogens is 1. The first-order valence-electron chi connectivity index (χ1n) is 9.34. The van der Waals surface area contributed by atoms with E-state index in [4.69, 9.17) is 0 Å². The summed E-state index contributed by atoms with van der Waals surface area (Å²) in [4.78, 5) is 4.69. The molecule has 0 saturated heterocycles. The van der Waals surface area contributed by atoms with Crippen molar-refractivity contribution in [3.8, 4) is 28.5 Å². The molecule has 0 amide bonds. The molecule has 0 aliphatic carbocycles. The van der Waals surface area contributed by atoms with Gasteiger partial charge in [-0.25, -0.2) is 4.98 Å². The van der Waals surface area contributed by atoms with Crippen molar-refractivity contribution in [2.45, 2.75) is 10.8 Å². The van der Waals surface area contributed by atoms with Crippen LogP contribution in [0.15, 0.2) is 100 Å². The molecule has 146 valence electrons. The Morgan fingerprint density at radius 1 is 0.867 bits per heavy atom. The van der Waals surface area contributed by atoms with Crippen LogP contribution in [0.2, 0.25) is 0 Å². The number of nitrogens with zero attached hydrogens (tertiary/aromatic N) is 2. The van der Waals surface area contributed by atoms with Crippen molar-refractivity contribution in [2.24, 2.45) is 0 Å². The molecule has 0 N–H and O–H groups in total. The van der Waals surface area contributed by atoms with E-state index in [1.54, 1.807) is 0 Å². The van der Waals surface area contributed by atoms with Crippen LogP contribution in [0, 0.1) is 11.3 Å². The zero-order chi connectivity index (χ0) is 20.9. The Bertz CT molecular complexity index is 1230. The third kappa shape index (κ3) is 4.40. The van der Waals surface area contributed by atoms with Gasteiger partial charge in [-0.1, -0.05) is 88.7 Å². The highest BCUT2D eigenvalue weighted by atomic mass is 79.9. The zero-order valence-corrected chi connectivity index (χ0v) is 18.4. The number of rotatable bonds is 5. The smallest absolute Gasteiger partial charge is 0.146 e. The molecule has 0 unspecified atom stereocenters. The number of hydrogen-bond donors (Lipinski definition) is 0. The van der Waals surface area contributed by atoms with Gasteiger partial charge in [-0.2, -0.15) is 5.26 Å². The zero-order valence-electron chi connectivity index (χ0n) is 16.0. The van der Waals surface area contributed by atoms with Gasteiger partial charge in [0.15, 0.2) is 0 Å². The molecule has 1 heterocycles. The second-order valence-electron chi connectivity index (χ2n) is 6.70. The number of nitriles is 1. The van der Waals surface area contributed by atoms with E-state index in [0.717, 1.165) is 26.7 Å². The minimum Gasteiger partial charge on any atom is -0.252 e. The van der Waals surface area contributed by atoms with Crippen LogP contribution >= 0.6 is 15.9 Å². The summed E-state index contributed by atoms with van der Waals surface area (Å²) in [5, 5.41) is 10.3. The first-order chi connectivity index (χ1) is 14.7. The lowest BCUT2D eigenvalue weighted by Crippen LogP contribution is -2.05. The van der Waals surface area contributed by atoms with Crippen LogP contribution in [0.4, 0.5) is 0 Å². The first-order valence-corrected chi connectivity index (χ1v) is 11.5. The monoisotopic (exact) mass is 472 g/mol. The van der Waals surface area contributed by atoms with Crippen LogP contribution in [0.1, 0.15) is 11.1 Å². The molecule has 0 aliphatic rings. The topological polar surface area (TPSA) is 53.8 Å². The van der Waals surface area contributed by atoms with Gasteiger partial charge >= 0.3 is 0 Å². The fraction of sp³-hybridized carbons (Fsp3) is 0.0400. The number of hydrogen-bond acceptors (Lipinski definition) is 3. The Morgan fingerprint density at radius 2 is 1.50 bits per heavy atom. The van der Waals surface area contributed by atoms with Gasteiger partial charge in [0, 0.05) is 15.6 Å². The molecule has 0 saturated carbocycles. The summed E-state index contributed by atoms with van der Waals surface area (Å²) >= 11 is 3.45. The Balaban J connectivity index is 1.89. The summed E-state index contributed by atoms with van der Waals surface area (Å²) < 4.78 is 14.3. The van der Waals surface area contributed by atoms with Crippen LogP contribution < -0.4 is 0 Å². The van der Waals surface area contributed by atoms with Crippen molar-refractivity contribution in [1.82, 2.24) is 4.98 Å². The lowest BCUT2D eigenvalue weighted by Gasteiger charge is -2.13. The molecule has 0 aliphatic heterocycles. The average molecular weight is 473 g/mol.